The topological polar surface area (TPSA) is 45.1 Å². The number of nitrogens with zero attached hydrogens (tertiary/aromatic N) is 1. The predicted molar refractivity (Wildman–Crippen MR) is 88.9 cm³/mol. The summed E-state index contributed by atoms with van der Waals surface area (Å²) in [6.07, 6.45) is -1.82. The van der Waals surface area contributed by atoms with Crippen molar-refractivity contribution >= 4 is 0 Å². The second-order valence-electron chi connectivity index (χ2n) is 6.90. The molecular formula is C19H21F3N2O. The van der Waals surface area contributed by atoms with Gasteiger partial charge in [-0.15, -0.1) is 0 Å². The van der Waals surface area contributed by atoms with Crippen molar-refractivity contribution in [2.24, 2.45) is 0 Å². The van der Waals surface area contributed by atoms with E-state index in [1.165, 1.54) is 12.1 Å². The van der Waals surface area contributed by atoms with Crippen molar-refractivity contribution in [1.29, 1.82) is 0 Å². The van der Waals surface area contributed by atoms with Crippen LogP contribution >= 0.6 is 0 Å². The maximum absolute atomic E-state index is 12.8. The molecule has 3 atom stereocenters. The number of piperidine rings is 1. The highest BCUT2D eigenvalue weighted by molar-refractivity contribution is 5.30. The first-order valence-corrected chi connectivity index (χ1v) is 8.26. The molecule has 1 saturated heterocycles. The summed E-state index contributed by atoms with van der Waals surface area (Å²) in [5.41, 5.74) is 0.476. The molecule has 0 saturated carbocycles. The van der Waals surface area contributed by atoms with Crippen LogP contribution < -0.4 is 5.32 Å². The monoisotopic (exact) mass is 350 g/mol. The number of pyridine rings is 1. The van der Waals surface area contributed by atoms with Gasteiger partial charge in [0.1, 0.15) is 0 Å². The molecule has 0 bridgehead atoms. The van der Waals surface area contributed by atoms with Gasteiger partial charge in [-0.2, -0.15) is 13.2 Å². The smallest absolute Gasteiger partial charge is 0.385 e. The molecule has 0 aliphatic carbocycles. The zero-order valence-corrected chi connectivity index (χ0v) is 14.1. The number of hydrogen-bond donors (Lipinski definition) is 2. The lowest BCUT2D eigenvalue weighted by atomic mass is 9.78. The van der Waals surface area contributed by atoms with Crippen molar-refractivity contribution in [3.05, 3.63) is 65.0 Å². The summed E-state index contributed by atoms with van der Waals surface area (Å²) in [4.78, 5) is 4.42. The average Bonchev–Trinajstić information content (AvgIpc) is 2.54. The number of nitrogens with one attached hydrogen (secondary N) is 1. The summed E-state index contributed by atoms with van der Waals surface area (Å²) in [7, 11) is 0. The van der Waals surface area contributed by atoms with Crippen LogP contribution in [0.5, 0.6) is 0 Å². The maximum atomic E-state index is 12.8. The Balaban J connectivity index is 1.87. The Kier molecular flexibility index (Phi) is 4.60. The zero-order valence-electron chi connectivity index (χ0n) is 14.1. The number of aliphatic hydroxyl groups is 1. The standard InChI is InChI=1S/C19H21F3N2O/c1-12-3-8-16(23-11-12)17-10-18(25,9-13(2)24-17)14-4-6-15(7-5-14)19(20,21)22/h3-8,11,13,17,24-25H,9-10H2,1-2H3/t13-,17-,18?/m0/s1. The third-order valence-electron chi connectivity index (χ3n) is 4.71. The normalized spacial score (nSPS) is 27.3. The summed E-state index contributed by atoms with van der Waals surface area (Å²) in [5, 5.41) is 14.6. The van der Waals surface area contributed by atoms with E-state index in [1.54, 1.807) is 6.20 Å². The Morgan fingerprint density at radius 3 is 2.36 bits per heavy atom. The van der Waals surface area contributed by atoms with Crippen LogP contribution in [0.25, 0.3) is 0 Å². The molecule has 134 valence electrons. The van der Waals surface area contributed by atoms with Crippen LogP contribution in [-0.2, 0) is 11.8 Å². The third kappa shape index (κ3) is 3.85. The number of hydrogen-bond acceptors (Lipinski definition) is 3. The van der Waals surface area contributed by atoms with Gasteiger partial charge in [0.15, 0.2) is 0 Å². The highest BCUT2D eigenvalue weighted by Crippen LogP contribution is 2.40. The van der Waals surface area contributed by atoms with Crippen molar-refractivity contribution in [2.45, 2.75) is 50.6 Å². The third-order valence-corrected chi connectivity index (χ3v) is 4.71. The second kappa shape index (κ2) is 6.42. The van der Waals surface area contributed by atoms with Gasteiger partial charge in [0, 0.05) is 18.7 Å². The first kappa shape index (κ1) is 17.9. The van der Waals surface area contributed by atoms with Crippen molar-refractivity contribution in [3.63, 3.8) is 0 Å². The van der Waals surface area contributed by atoms with E-state index >= 15 is 0 Å². The largest absolute Gasteiger partial charge is 0.416 e. The molecule has 0 spiro atoms. The molecule has 2 N–H and O–H groups in total. The van der Waals surface area contributed by atoms with Crippen LogP contribution in [-0.4, -0.2) is 16.1 Å². The van der Waals surface area contributed by atoms with Gasteiger partial charge in [-0.3, -0.25) is 4.98 Å². The summed E-state index contributed by atoms with van der Waals surface area (Å²) >= 11 is 0. The van der Waals surface area contributed by atoms with Crippen LogP contribution in [0.4, 0.5) is 13.2 Å². The first-order valence-electron chi connectivity index (χ1n) is 8.26. The molecular weight excluding hydrogens is 329 g/mol. The SMILES string of the molecule is Cc1ccc([C@@H]2CC(O)(c3ccc(C(F)(F)F)cc3)C[C@H](C)N2)nc1. The lowest BCUT2D eigenvalue weighted by molar-refractivity contribution is -0.137. The number of aryl methyl sites for hydroxylation is 1. The van der Waals surface area contributed by atoms with Gasteiger partial charge in [0.2, 0.25) is 0 Å². The Labute approximate surface area is 144 Å². The van der Waals surface area contributed by atoms with Crippen LogP contribution in [0.3, 0.4) is 0 Å². The van der Waals surface area contributed by atoms with E-state index in [1.807, 2.05) is 26.0 Å². The van der Waals surface area contributed by atoms with Crippen LogP contribution in [0.15, 0.2) is 42.6 Å². The molecule has 1 aromatic heterocycles. The predicted octanol–water partition coefficient (Wildman–Crippen LogP) is 4.11. The highest BCUT2D eigenvalue weighted by Gasteiger charge is 2.40. The van der Waals surface area contributed by atoms with Crippen molar-refractivity contribution in [3.8, 4) is 0 Å². The number of benzene rings is 1. The molecule has 2 heterocycles. The van der Waals surface area contributed by atoms with E-state index in [9.17, 15) is 18.3 Å². The lowest BCUT2D eigenvalue weighted by Crippen LogP contribution is -2.47. The van der Waals surface area contributed by atoms with Crippen molar-refractivity contribution in [1.82, 2.24) is 10.3 Å². The summed E-state index contributed by atoms with van der Waals surface area (Å²) in [6.45, 7) is 3.90. The van der Waals surface area contributed by atoms with Gasteiger partial charge < -0.3 is 10.4 Å². The molecule has 1 unspecified atom stereocenters. The van der Waals surface area contributed by atoms with Gasteiger partial charge in [0.25, 0.3) is 0 Å². The molecule has 3 rings (SSSR count). The fourth-order valence-corrected chi connectivity index (χ4v) is 3.47. The van der Waals surface area contributed by atoms with Crippen molar-refractivity contribution < 1.29 is 18.3 Å². The van der Waals surface area contributed by atoms with Crippen molar-refractivity contribution in [2.75, 3.05) is 0 Å². The lowest BCUT2D eigenvalue weighted by Gasteiger charge is -2.41. The van der Waals surface area contributed by atoms with Gasteiger partial charge in [-0.05, 0) is 49.6 Å². The average molecular weight is 350 g/mol. The Morgan fingerprint density at radius 2 is 1.80 bits per heavy atom. The molecule has 1 aromatic carbocycles. The maximum Gasteiger partial charge on any atom is 0.416 e. The molecule has 1 aliphatic rings. The van der Waals surface area contributed by atoms with Gasteiger partial charge in [-0.1, -0.05) is 18.2 Å². The molecule has 1 fully saturated rings. The zero-order chi connectivity index (χ0) is 18.2. The van der Waals surface area contributed by atoms with Gasteiger partial charge >= 0.3 is 6.18 Å². The molecule has 3 nitrogen and oxygen atoms in total. The fraction of sp³-hybridized carbons (Fsp3) is 0.421. The minimum atomic E-state index is -4.38. The summed E-state index contributed by atoms with van der Waals surface area (Å²) in [5.74, 6) is 0. The van der Waals surface area contributed by atoms with Gasteiger partial charge in [-0.25, -0.2) is 0 Å². The van der Waals surface area contributed by atoms with E-state index in [0.717, 1.165) is 23.4 Å². The Morgan fingerprint density at radius 1 is 1.12 bits per heavy atom. The van der Waals surface area contributed by atoms with E-state index in [4.69, 9.17) is 0 Å². The van der Waals surface area contributed by atoms with E-state index < -0.39 is 17.3 Å². The summed E-state index contributed by atoms with van der Waals surface area (Å²) < 4.78 is 38.3. The van der Waals surface area contributed by atoms with E-state index in [0.29, 0.717) is 18.4 Å². The molecule has 6 heteroatoms. The molecule has 25 heavy (non-hydrogen) atoms. The second-order valence-corrected chi connectivity index (χ2v) is 6.90. The molecule has 0 amide bonds. The fourth-order valence-electron chi connectivity index (χ4n) is 3.47. The summed E-state index contributed by atoms with van der Waals surface area (Å²) in [6, 6.07) is 8.53. The highest BCUT2D eigenvalue weighted by atomic mass is 19.4. The number of alkyl halides is 3. The van der Waals surface area contributed by atoms with Crippen LogP contribution in [0.2, 0.25) is 0 Å². The molecule has 1 aliphatic heterocycles. The molecule has 2 aromatic rings. The molecule has 0 radical (unpaired) electrons. The minimum Gasteiger partial charge on any atom is -0.385 e. The number of rotatable bonds is 2. The first-order chi connectivity index (χ1) is 11.7. The van der Waals surface area contributed by atoms with Crippen LogP contribution in [0, 0.1) is 6.92 Å². The van der Waals surface area contributed by atoms with Gasteiger partial charge in [0.05, 0.1) is 22.9 Å². The Hall–Kier alpha value is -1.92. The quantitative estimate of drug-likeness (QED) is 0.857. The Bertz CT molecular complexity index is 728. The van der Waals surface area contributed by atoms with E-state index in [-0.39, 0.29) is 12.1 Å². The van der Waals surface area contributed by atoms with E-state index in [2.05, 4.69) is 10.3 Å². The number of halogens is 3. The van der Waals surface area contributed by atoms with Crippen LogP contribution in [0.1, 0.15) is 48.2 Å². The number of aromatic nitrogens is 1. The minimum absolute atomic E-state index is 0.00847.